The quantitative estimate of drug-likeness (QED) is 0.690. The Balaban J connectivity index is 1.39. The van der Waals surface area contributed by atoms with Crippen molar-refractivity contribution in [3.63, 3.8) is 0 Å². The maximum atomic E-state index is 12.5. The number of amides is 1. The van der Waals surface area contributed by atoms with E-state index >= 15 is 0 Å². The molecule has 0 radical (unpaired) electrons. The lowest BCUT2D eigenvalue weighted by Crippen LogP contribution is -2.53. The topological polar surface area (TPSA) is 124 Å². The van der Waals surface area contributed by atoms with Gasteiger partial charge in [0.15, 0.2) is 5.76 Å². The van der Waals surface area contributed by atoms with Crippen molar-refractivity contribution in [1.29, 1.82) is 5.26 Å². The number of carbonyl (C=O) groups excluding carboxylic acids is 1. The van der Waals surface area contributed by atoms with Crippen LogP contribution in [0.4, 0.5) is 11.8 Å². The summed E-state index contributed by atoms with van der Waals surface area (Å²) in [5, 5.41) is 12.1. The molecule has 0 spiro atoms. The second kappa shape index (κ2) is 8.12. The minimum atomic E-state index is -0.343. The summed E-state index contributed by atoms with van der Waals surface area (Å²) in [7, 11) is 0. The van der Waals surface area contributed by atoms with E-state index < -0.39 is 0 Å². The van der Waals surface area contributed by atoms with Crippen LogP contribution in [0.1, 0.15) is 12.6 Å². The molecule has 1 aliphatic rings. The lowest BCUT2D eigenvalue weighted by Gasteiger charge is -2.37. The minimum absolute atomic E-state index is 0.165. The SMILES string of the molecule is C[C@H](C(=O)Nc1ncccn1)N1CCN(c2oc(-c3ccco3)nc2C#N)CC1. The van der Waals surface area contributed by atoms with E-state index in [1.807, 2.05) is 11.8 Å². The van der Waals surface area contributed by atoms with Crippen LogP contribution in [0.5, 0.6) is 0 Å². The molecule has 1 N–H and O–H groups in total. The highest BCUT2D eigenvalue weighted by Crippen LogP contribution is 2.29. The number of nitrogens with one attached hydrogen (secondary N) is 1. The van der Waals surface area contributed by atoms with Crippen LogP contribution in [0.3, 0.4) is 0 Å². The number of hydrogen-bond donors (Lipinski definition) is 1. The molecular weight excluding hydrogens is 374 g/mol. The van der Waals surface area contributed by atoms with Crippen LogP contribution in [-0.2, 0) is 4.79 Å². The molecule has 0 aliphatic carbocycles. The zero-order valence-electron chi connectivity index (χ0n) is 15.8. The van der Waals surface area contributed by atoms with Gasteiger partial charge in [0, 0.05) is 38.6 Å². The number of aromatic nitrogens is 3. The monoisotopic (exact) mass is 393 g/mol. The summed E-state index contributed by atoms with van der Waals surface area (Å²) < 4.78 is 11.1. The Morgan fingerprint density at radius 2 is 2.00 bits per heavy atom. The zero-order chi connectivity index (χ0) is 20.2. The van der Waals surface area contributed by atoms with Crippen molar-refractivity contribution in [1.82, 2.24) is 19.9 Å². The fourth-order valence-corrected chi connectivity index (χ4v) is 3.16. The van der Waals surface area contributed by atoms with Crippen LogP contribution in [0.15, 0.2) is 45.7 Å². The third-order valence-corrected chi connectivity index (χ3v) is 4.78. The molecule has 10 heteroatoms. The molecule has 0 unspecified atom stereocenters. The second-order valence-corrected chi connectivity index (χ2v) is 6.52. The Kier molecular flexibility index (Phi) is 5.22. The number of anilines is 2. The summed E-state index contributed by atoms with van der Waals surface area (Å²) in [6, 6.07) is 6.88. The van der Waals surface area contributed by atoms with E-state index in [9.17, 15) is 10.1 Å². The van der Waals surface area contributed by atoms with Crippen LogP contribution in [0.25, 0.3) is 11.7 Å². The highest BCUT2D eigenvalue weighted by Gasteiger charge is 2.29. The second-order valence-electron chi connectivity index (χ2n) is 6.52. The lowest BCUT2D eigenvalue weighted by atomic mass is 10.2. The smallest absolute Gasteiger partial charge is 0.266 e. The van der Waals surface area contributed by atoms with Gasteiger partial charge >= 0.3 is 0 Å². The first-order chi connectivity index (χ1) is 14.2. The van der Waals surface area contributed by atoms with E-state index in [0.717, 1.165) is 0 Å². The number of nitrogens with zero attached hydrogens (tertiary/aromatic N) is 6. The zero-order valence-corrected chi connectivity index (χ0v) is 15.8. The molecule has 3 aromatic heterocycles. The molecule has 1 aliphatic heterocycles. The van der Waals surface area contributed by atoms with E-state index in [1.165, 1.54) is 6.26 Å². The van der Waals surface area contributed by atoms with Crippen molar-refractivity contribution in [3.05, 3.63) is 42.5 Å². The number of furan rings is 1. The van der Waals surface area contributed by atoms with Crippen molar-refractivity contribution >= 4 is 17.7 Å². The summed E-state index contributed by atoms with van der Waals surface area (Å²) in [6.07, 6.45) is 4.68. The highest BCUT2D eigenvalue weighted by atomic mass is 16.4. The molecule has 3 aromatic rings. The van der Waals surface area contributed by atoms with Gasteiger partial charge in [0.05, 0.1) is 12.3 Å². The maximum Gasteiger partial charge on any atom is 0.266 e. The van der Waals surface area contributed by atoms with Gasteiger partial charge in [-0.15, -0.1) is 0 Å². The Bertz CT molecular complexity index is 1000. The fraction of sp³-hybridized carbons (Fsp3) is 0.316. The number of oxazole rings is 1. The van der Waals surface area contributed by atoms with Crippen molar-refractivity contribution in [2.45, 2.75) is 13.0 Å². The minimum Gasteiger partial charge on any atom is -0.459 e. The lowest BCUT2D eigenvalue weighted by molar-refractivity contribution is -0.120. The standard InChI is InChI=1S/C19H19N7O3/c1-13(16(27)24-19-21-5-3-6-22-19)25-7-9-26(10-8-25)18-14(12-20)23-17(29-18)15-4-2-11-28-15/h2-6,11,13H,7-10H2,1H3,(H,21,22,24,27)/t13-/m1/s1. The molecule has 29 heavy (non-hydrogen) atoms. The Morgan fingerprint density at radius 3 is 2.66 bits per heavy atom. The molecular formula is C19H19N7O3. The number of piperazine rings is 1. The molecule has 10 nitrogen and oxygen atoms in total. The fourth-order valence-electron chi connectivity index (χ4n) is 3.16. The van der Waals surface area contributed by atoms with Gasteiger partial charge in [-0.2, -0.15) is 10.2 Å². The van der Waals surface area contributed by atoms with Crippen LogP contribution in [0, 0.1) is 11.3 Å². The number of rotatable bonds is 5. The molecule has 0 bridgehead atoms. The number of hydrogen-bond acceptors (Lipinski definition) is 9. The molecule has 148 valence electrons. The van der Waals surface area contributed by atoms with Crippen molar-refractivity contribution in [3.8, 4) is 17.7 Å². The van der Waals surface area contributed by atoms with Gasteiger partial charge in [-0.3, -0.25) is 15.0 Å². The third kappa shape index (κ3) is 3.95. The first-order valence-corrected chi connectivity index (χ1v) is 9.17. The van der Waals surface area contributed by atoms with Gasteiger partial charge in [-0.05, 0) is 25.1 Å². The number of carbonyl (C=O) groups is 1. The molecule has 1 amide bonds. The van der Waals surface area contributed by atoms with E-state index in [2.05, 4.69) is 31.2 Å². The van der Waals surface area contributed by atoms with Crippen LogP contribution in [0.2, 0.25) is 0 Å². The van der Waals surface area contributed by atoms with E-state index in [1.54, 1.807) is 30.6 Å². The van der Waals surface area contributed by atoms with Gasteiger partial charge in [0.1, 0.15) is 6.07 Å². The van der Waals surface area contributed by atoms with Gasteiger partial charge in [0.2, 0.25) is 23.4 Å². The van der Waals surface area contributed by atoms with Gasteiger partial charge in [-0.1, -0.05) is 0 Å². The molecule has 1 fully saturated rings. The van der Waals surface area contributed by atoms with E-state index in [0.29, 0.717) is 37.8 Å². The normalized spacial score (nSPS) is 15.7. The Hall–Kier alpha value is -3.71. The highest BCUT2D eigenvalue weighted by molar-refractivity contribution is 5.93. The van der Waals surface area contributed by atoms with Crippen molar-refractivity contribution < 1.29 is 13.6 Å². The van der Waals surface area contributed by atoms with E-state index in [4.69, 9.17) is 8.83 Å². The van der Waals surface area contributed by atoms with Crippen LogP contribution < -0.4 is 10.2 Å². The van der Waals surface area contributed by atoms with Gasteiger partial charge in [0.25, 0.3) is 5.89 Å². The summed E-state index contributed by atoms with van der Waals surface area (Å²) in [6.45, 7) is 4.30. The average molecular weight is 393 g/mol. The predicted molar refractivity (Wildman–Crippen MR) is 103 cm³/mol. The predicted octanol–water partition coefficient (Wildman–Crippen LogP) is 1.75. The van der Waals surface area contributed by atoms with Crippen LogP contribution >= 0.6 is 0 Å². The summed E-state index contributed by atoms with van der Waals surface area (Å²) in [5.41, 5.74) is 0.219. The van der Waals surface area contributed by atoms with Gasteiger partial charge < -0.3 is 13.7 Å². The van der Waals surface area contributed by atoms with E-state index in [-0.39, 0.29) is 29.5 Å². The average Bonchev–Trinajstić information content (AvgIpc) is 3.44. The maximum absolute atomic E-state index is 12.5. The summed E-state index contributed by atoms with van der Waals surface area (Å²) in [5.74, 6) is 1.30. The molecule has 4 rings (SSSR count). The first-order valence-electron chi connectivity index (χ1n) is 9.17. The summed E-state index contributed by atoms with van der Waals surface area (Å²) >= 11 is 0. The molecule has 1 atom stereocenters. The molecule has 0 aromatic carbocycles. The molecule has 1 saturated heterocycles. The first kappa shape index (κ1) is 18.6. The van der Waals surface area contributed by atoms with Crippen molar-refractivity contribution in [2.75, 3.05) is 36.4 Å². The number of nitriles is 1. The molecule has 0 saturated carbocycles. The largest absolute Gasteiger partial charge is 0.459 e. The Morgan fingerprint density at radius 1 is 1.24 bits per heavy atom. The van der Waals surface area contributed by atoms with Crippen molar-refractivity contribution in [2.24, 2.45) is 0 Å². The van der Waals surface area contributed by atoms with Gasteiger partial charge in [-0.25, -0.2) is 9.97 Å². The van der Waals surface area contributed by atoms with Crippen LogP contribution in [-0.4, -0.2) is 58.0 Å². The Labute approximate surface area is 166 Å². The summed E-state index contributed by atoms with van der Waals surface area (Å²) in [4.78, 5) is 28.7. The molecule has 4 heterocycles. The third-order valence-electron chi connectivity index (χ3n) is 4.78.